The number of rotatable bonds is 24. The molecule has 2 amide bonds. The number of nitrogens with zero attached hydrogens (tertiary/aromatic N) is 6. The van der Waals surface area contributed by atoms with Gasteiger partial charge in [0.15, 0.2) is 4.75 Å². The number of oxazole rings is 2. The van der Waals surface area contributed by atoms with Gasteiger partial charge in [0.05, 0.1) is 102 Å². The van der Waals surface area contributed by atoms with Gasteiger partial charge in [-0.05, 0) is 135 Å². The number of hydrogen-bond acceptors (Lipinski definition) is 22. The number of benzene rings is 2. The van der Waals surface area contributed by atoms with Crippen molar-refractivity contribution < 1.29 is 72.5 Å². The fourth-order valence-electron chi connectivity index (χ4n) is 14.7. The number of aromatic nitrogens is 6. The smallest absolute Gasteiger partial charge is 0.333 e. The highest BCUT2D eigenvalue weighted by Gasteiger charge is 2.72. The molecule has 2 N–H and O–H groups in total. The molecule has 0 radical (unpaired) electrons. The molecule has 4 unspecified atom stereocenters. The van der Waals surface area contributed by atoms with Crippen LogP contribution in [0.2, 0.25) is 0 Å². The Hall–Kier alpha value is -7.72. The van der Waals surface area contributed by atoms with Crippen LogP contribution in [-0.2, 0) is 72.8 Å². The van der Waals surface area contributed by atoms with Crippen LogP contribution >= 0.6 is 22.7 Å². The molecule has 10 heterocycles. The number of thiophene rings is 2. The third-order valence-corrected chi connectivity index (χ3v) is 27.0. The lowest BCUT2D eigenvalue weighted by atomic mass is 10.0. The lowest BCUT2D eigenvalue weighted by molar-refractivity contribution is -0.127. The zero-order chi connectivity index (χ0) is 70.2. The third kappa shape index (κ3) is 11.9. The van der Waals surface area contributed by atoms with E-state index in [1.54, 1.807) is 55.5 Å². The summed E-state index contributed by atoms with van der Waals surface area (Å²) in [5.74, 6) is -3.99. The first-order valence-corrected chi connectivity index (χ1v) is 37.5. The molecule has 14 rings (SSSR count). The molecule has 32 heteroatoms. The van der Waals surface area contributed by atoms with E-state index in [0.717, 1.165) is 68.4 Å². The number of amides is 2. The number of sulfonamides is 2. The maximum Gasteiger partial charge on any atom is 0.333 e. The van der Waals surface area contributed by atoms with Crippen molar-refractivity contribution >= 4 is 75.0 Å². The minimum atomic E-state index is -5.52. The minimum Gasteiger partial charge on any atom is -0.496 e. The van der Waals surface area contributed by atoms with Crippen LogP contribution in [-0.4, -0.2) is 124 Å². The van der Waals surface area contributed by atoms with E-state index in [2.05, 4.69) is 14.7 Å². The lowest BCUT2D eigenvalue weighted by Crippen LogP contribution is -2.58. The number of para-hydroxylation sites is 2. The maximum absolute atomic E-state index is 16.0. The molecule has 528 valence electrons. The fourth-order valence-corrected chi connectivity index (χ4v) is 20.5. The molecule has 26 nitrogen and oxygen atoms in total. The van der Waals surface area contributed by atoms with E-state index in [1.165, 1.54) is 56.6 Å². The average Bonchev–Trinajstić information content (AvgIpc) is 1.58. The van der Waals surface area contributed by atoms with Crippen LogP contribution in [0.25, 0.3) is 42.0 Å². The van der Waals surface area contributed by atoms with E-state index in [9.17, 15) is 26.4 Å². The molecule has 6 fully saturated rings. The van der Waals surface area contributed by atoms with E-state index in [0.29, 0.717) is 80.7 Å². The Balaban J connectivity index is 0.809. The predicted molar refractivity (Wildman–Crippen MR) is 359 cm³/mol. The molecular formula is C67H74F2N8O18S4. The van der Waals surface area contributed by atoms with E-state index >= 15 is 28.0 Å². The van der Waals surface area contributed by atoms with Gasteiger partial charge in [-0.15, -0.1) is 22.7 Å². The standard InChI is InChI=1S/C67H74F2N8O18S4/c1-33-50-56(78)77(64(83)74(58(50)96-52(33)54-70-23-24-90-54)31-48(42-13-9-11-15-45(42)88-7)93-39-25-35-17-18-36(26-39)91-35)66(5,6)62(81)73-99(86,87)67(60(68)69)29-44(67)47-30-71-55(95-47)53-34(2)51-57(79)76(65(3,4)61(80)72-98(84,85)41-21-22-41)63(82)75(59(51)97-53)32-49(43-14-10-12-16-46(43)89-8)94-40-27-37-19-20-38(28-40)92-37/h9-16,23-24,30,35-41,44,48-49,60H,17-22,25-29,31-32H2,1-8H3,(H,72,80)(H,73,81)/t35-,36+,37-,38+,39?,40?,44?,48-,49-,67?/m0/s1. The van der Waals surface area contributed by atoms with Gasteiger partial charge in [-0.1, -0.05) is 36.4 Å². The van der Waals surface area contributed by atoms with Gasteiger partial charge in [0.25, 0.3) is 29.4 Å². The van der Waals surface area contributed by atoms with Crippen molar-refractivity contribution in [1.82, 2.24) is 37.7 Å². The lowest BCUT2D eigenvalue weighted by Gasteiger charge is -2.33. The summed E-state index contributed by atoms with van der Waals surface area (Å²) in [5, 5.41) is -0.991. The molecule has 2 aliphatic carbocycles. The molecule has 10 atom stereocenters. The first-order valence-electron chi connectivity index (χ1n) is 32.8. The largest absolute Gasteiger partial charge is 0.496 e. The van der Waals surface area contributed by atoms with E-state index in [1.807, 2.05) is 4.72 Å². The highest BCUT2D eigenvalue weighted by molar-refractivity contribution is 7.92. The summed E-state index contributed by atoms with van der Waals surface area (Å²) in [6.07, 6.45) is 2.84. The second-order valence-corrected chi connectivity index (χ2v) is 33.5. The molecule has 8 aromatic rings. The van der Waals surface area contributed by atoms with Gasteiger partial charge in [0.1, 0.15) is 56.5 Å². The van der Waals surface area contributed by atoms with Gasteiger partial charge in [-0.2, -0.15) is 0 Å². The number of carbonyl (C=O) groups is 2. The SMILES string of the molecule is COc1ccccc1[C@H](Cn1c(=O)n(C(C)(C)C(=O)NS(=O)(=O)C2(C(F)F)CC2c2cnc(-c3sc4c(c3C)c(=O)n(C(C)(C)C(=O)NS(=O)(=O)C3CC3)c(=O)n4C[C@H](OC3C[C@H]4CC[C@@H](C3)O4)c3ccccc3OC)o2)c(=O)c2c(C)c(-c3ncco3)sc21)OC1C[C@H]2CC[C@@H](C1)O2. The van der Waals surface area contributed by atoms with Crippen molar-refractivity contribution in [1.29, 1.82) is 0 Å². The molecule has 4 aliphatic heterocycles. The number of methoxy groups -OCH3 is 2. The van der Waals surface area contributed by atoms with Gasteiger partial charge < -0.3 is 37.3 Å². The van der Waals surface area contributed by atoms with Crippen molar-refractivity contribution in [2.75, 3.05) is 14.2 Å². The molecule has 6 aliphatic rings. The number of ether oxygens (including phenoxy) is 6. The first-order chi connectivity index (χ1) is 47.1. The topological polar surface area (TPSA) is 322 Å². The van der Waals surface area contributed by atoms with Crippen molar-refractivity contribution in [2.45, 2.75) is 208 Å². The molecule has 99 heavy (non-hydrogen) atoms. The molecule has 4 bridgehead atoms. The summed E-state index contributed by atoms with van der Waals surface area (Å²) in [5.41, 5.74) is -7.11. The van der Waals surface area contributed by atoms with Crippen molar-refractivity contribution in [2.24, 2.45) is 0 Å². The van der Waals surface area contributed by atoms with Crippen LogP contribution in [0.1, 0.15) is 144 Å². The van der Waals surface area contributed by atoms with Crippen LogP contribution in [0.15, 0.2) is 95.2 Å². The fraction of sp³-hybridized carbons (Fsp3) is 0.522. The van der Waals surface area contributed by atoms with E-state index < -0.39 is 106 Å². The van der Waals surface area contributed by atoms with Gasteiger partial charge in [0, 0.05) is 17.0 Å². The van der Waals surface area contributed by atoms with Crippen LogP contribution in [0.3, 0.4) is 0 Å². The monoisotopic (exact) mass is 1440 g/mol. The highest BCUT2D eigenvalue weighted by Crippen LogP contribution is 2.60. The minimum absolute atomic E-state index is 0.0322. The molecule has 2 aromatic carbocycles. The zero-order valence-corrected chi connectivity index (χ0v) is 58.6. The Kier molecular flexibility index (Phi) is 17.6. The van der Waals surface area contributed by atoms with Gasteiger partial charge >= 0.3 is 11.4 Å². The van der Waals surface area contributed by atoms with Crippen molar-refractivity contribution in [3.05, 3.63) is 137 Å². The van der Waals surface area contributed by atoms with E-state index in [4.69, 9.17) is 37.3 Å². The molecule has 2 saturated carbocycles. The van der Waals surface area contributed by atoms with E-state index in [-0.39, 0.29) is 98.1 Å². The molecule has 6 aromatic heterocycles. The number of alkyl halides is 2. The van der Waals surface area contributed by atoms with Gasteiger partial charge in [0.2, 0.25) is 31.8 Å². The summed E-state index contributed by atoms with van der Waals surface area (Å²) < 4.78 is 142. The second-order valence-electron chi connectivity index (χ2n) is 27.5. The molecular weight excluding hydrogens is 1370 g/mol. The van der Waals surface area contributed by atoms with Crippen LogP contribution < -0.4 is 41.4 Å². The maximum atomic E-state index is 16.0. The Bertz CT molecular complexity index is 5010. The number of hydrogen-bond donors (Lipinski definition) is 2. The Morgan fingerprint density at radius 3 is 1.56 bits per heavy atom. The Labute approximate surface area is 573 Å². The predicted octanol–water partition coefficient (Wildman–Crippen LogP) is 8.36. The van der Waals surface area contributed by atoms with Crippen molar-refractivity contribution in [3.63, 3.8) is 0 Å². The Morgan fingerprint density at radius 2 is 1.12 bits per heavy atom. The van der Waals surface area contributed by atoms with Crippen LogP contribution in [0, 0.1) is 13.8 Å². The van der Waals surface area contributed by atoms with Crippen molar-refractivity contribution in [3.8, 4) is 33.0 Å². The van der Waals surface area contributed by atoms with Crippen LogP contribution in [0.4, 0.5) is 8.78 Å². The zero-order valence-electron chi connectivity index (χ0n) is 55.3. The Morgan fingerprint density at radius 1 is 0.667 bits per heavy atom. The summed E-state index contributed by atoms with van der Waals surface area (Å²) in [4.78, 5) is 99.7. The number of halogens is 2. The molecule has 0 spiro atoms. The number of nitrogens with one attached hydrogen (secondary N) is 2. The number of aryl methyl sites for hydroxylation is 2. The number of fused-ring (bicyclic) bond motifs is 6. The average molecular weight is 1450 g/mol. The normalized spacial score (nSPS) is 23.8. The summed E-state index contributed by atoms with van der Waals surface area (Å²) in [7, 11) is -6.75. The van der Waals surface area contributed by atoms with Gasteiger partial charge in [-0.25, -0.2) is 54.3 Å². The molecule has 4 saturated heterocycles. The van der Waals surface area contributed by atoms with Gasteiger partial charge in [-0.3, -0.25) is 37.8 Å². The quantitative estimate of drug-likeness (QED) is 0.0573. The third-order valence-electron chi connectivity index (χ3n) is 20.5. The summed E-state index contributed by atoms with van der Waals surface area (Å²) in [6.45, 7) is 7.29. The summed E-state index contributed by atoms with van der Waals surface area (Å²) in [6, 6.07) is 14.1. The first kappa shape index (κ1) is 68.4. The highest BCUT2D eigenvalue weighted by atomic mass is 32.2. The van der Waals surface area contributed by atoms with Crippen LogP contribution in [0.5, 0.6) is 11.5 Å². The summed E-state index contributed by atoms with van der Waals surface area (Å²) >= 11 is 1.89. The number of carbonyl (C=O) groups excluding carboxylic acids is 2. The second kappa shape index (κ2) is 25.4.